The van der Waals surface area contributed by atoms with Crippen LogP contribution in [0, 0.1) is 5.92 Å². The first-order valence-corrected chi connectivity index (χ1v) is 6.82. The van der Waals surface area contributed by atoms with Crippen LogP contribution >= 0.6 is 11.3 Å². The number of hydrogen-bond donors (Lipinski definition) is 2. The molecule has 2 N–H and O–H groups in total. The summed E-state index contributed by atoms with van der Waals surface area (Å²) in [4.78, 5) is 11.6. The zero-order chi connectivity index (χ0) is 13.4. The van der Waals surface area contributed by atoms with Gasteiger partial charge in [-0.3, -0.25) is 4.79 Å². The Morgan fingerprint density at radius 2 is 2.17 bits per heavy atom. The topological polar surface area (TPSA) is 76.1 Å². The SMILES string of the molecule is CNc1nnc(C(=O)NCCOCCC(C)C)s1. The molecule has 6 nitrogen and oxygen atoms in total. The van der Waals surface area contributed by atoms with Crippen LogP contribution in [0.15, 0.2) is 0 Å². The molecule has 1 aromatic heterocycles. The standard InChI is InChI=1S/C11H20N4O2S/c1-8(2)4-6-17-7-5-13-9(16)10-14-15-11(12-3)18-10/h8H,4-7H2,1-3H3,(H,12,15)(H,13,16). The molecule has 1 aromatic rings. The fourth-order valence-electron chi connectivity index (χ4n) is 1.15. The van der Waals surface area contributed by atoms with E-state index in [4.69, 9.17) is 4.74 Å². The van der Waals surface area contributed by atoms with Gasteiger partial charge < -0.3 is 15.4 Å². The van der Waals surface area contributed by atoms with Crippen molar-refractivity contribution in [3.8, 4) is 0 Å². The molecule has 1 rings (SSSR count). The first-order valence-electron chi connectivity index (χ1n) is 6.00. The molecule has 0 bridgehead atoms. The molecule has 102 valence electrons. The second kappa shape index (κ2) is 7.99. The van der Waals surface area contributed by atoms with Crippen LogP contribution in [0.5, 0.6) is 0 Å². The lowest BCUT2D eigenvalue weighted by molar-refractivity contribution is 0.0905. The third-order valence-electron chi connectivity index (χ3n) is 2.20. The number of aromatic nitrogens is 2. The Morgan fingerprint density at radius 1 is 1.39 bits per heavy atom. The van der Waals surface area contributed by atoms with E-state index < -0.39 is 0 Å². The van der Waals surface area contributed by atoms with Gasteiger partial charge in [-0.25, -0.2) is 0 Å². The molecule has 0 aliphatic carbocycles. The Kier molecular flexibility index (Phi) is 6.59. The molecular formula is C11H20N4O2S. The van der Waals surface area contributed by atoms with Crippen LogP contribution in [-0.2, 0) is 4.74 Å². The van der Waals surface area contributed by atoms with Crippen molar-refractivity contribution in [2.75, 3.05) is 32.1 Å². The van der Waals surface area contributed by atoms with Gasteiger partial charge in [-0.1, -0.05) is 25.2 Å². The smallest absolute Gasteiger partial charge is 0.282 e. The number of nitrogens with zero attached hydrogens (tertiary/aromatic N) is 2. The van der Waals surface area contributed by atoms with Crippen LogP contribution in [0.4, 0.5) is 5.13 Å². The van der Waals surface area contributed by atoms with Crippen molar-refractivity contribution < 1.29 is 9.53 Å². The molecule has 7 heteroatoms. The zero-order valence-corrected chi connectivity index (χ0v) is 11.8. The van der Waals surface area contributed by atoms with Gasteiger partial charge in [0.1, 0.15) is 0 Å². The molecule has 0 saturated heterocycles. The van der Waals surface area contributed by atoms with Crippen LogP contribution in [-0.4, -0.2) is 42.9 Å². The summed E-state index contributed by atoms with van der Waals surface area (Å²) in [5, 5.41) is 14.1. The number of carbonyl (C=O) groups excluding carboxylic acids is 1. The van der Waals surface area contributed by atoms with Gasteiger partial charge in [-0.05, 0) is 12.3 Å². The summed E-state index contributed by atoms with van der Waals surface area (Å²) in [5.41, 5.74) is 0. The molecule has 1 heterocycles. The molecule has 0 atom stereocenters. The second-order valence-corrected chi connectivity index (χ2v) is 5.19. The fraction of sp³-hybridized carbons (Fsp3) is 0.727. The van der Waals surface area contributed by atoms with E-state index in [0.29, 0.717) is 29.2 Å². The Morgan fingerprint density at radius 3 is 2.78 bits per heavy atom. The first kappa shape index (κ1) is 14.8. The molecule has 0 aliphatic heterocycles. The van der Waals surface area contributed by atoms with Gasteiger partial charge in [-0.2, -0.15) is 0 Å². The molecular weight excluding hydrogens is 252 g/mol. The molecule has 0 aromatic carbocycles. The van der Waals surface area contributed by atoms with Crippen molar-refractivity contribution in [3.05, 3.63) is 5.01 Å². The van der Waals surface area contributed by atoms with Crippen molar-refractivity contribution in [1.82, 2.24) is 15.5 Å². The first-order chi connectivity index (χ1) is 8.63. The van der Waals surface area contributed by atoms with E-state index in [1.807, 2.05) is 0 Å². The molecule has 0 aliphatic rings. The Balaban J connectivity index is 2.13. The Hall–Kier alpha value is -1.21. The van der Waals surface area contributed by atoms with Crippen molar-refractivity contribution in [3.63, 3.8) is 0 Å². The van der Waals surface area contributed by atoms with Crippen LogP contribution in [0.25, 0.3) is 0 Å². The monoisotopic (exact) mass is 272 g/mol. The van der Waals surface area contributed by atoms with Gasteiger partial charge in [-0.15, -0.1) is 10.2 Å². The number of anilines is 1. The van der Waals surface area contributed by atoms with Crippen molar-refractivity contribution in [2.45, 2.75) is 20.3 Å². The predicted molar refractivity (Wildman–Crippen MR) is 72.1 cm³/mol. The van der Waals surface area contributed by atoms with Gasteiger partial charge >= 0.3 is 0 Å². The maximum atomic E-state index is 11.6. The molecule has 0 spiro atoms. The van der Waals surface area contributed by atoms with Gasteiger partial charge in [0.05, 0.1) is 6.61 Å². The van der Waals surface area contributed by atoms with Crippen molar-refractivity contribution in [1.29, 1.82) is 0 Å². The average Bonchev–Trinajstić information content (AvgIpc) is 2.81. The number of rotatable bonds is 8. The summed E-state index contributed by atoms with van der Waals surface area (Å²) in [6.45, 7) is 6.05. The molecule has 18 heavy (non-hydrogen) atoms. The van der Waals surface area contributed by atoms with Crippen LogP contribution in [0.1, 0.15) is 30.1 Å². The number of carbonyl (C=O) groups is 1. The molecule has 0 unspecified atom stereocenters. The molecule has 0 radical (unpaired) electrons. The lowest BCUT2D eigenvalue weighted by atomic mass is 10.1. The fourth-order valence-corrected chi connectivity index (χ4v) is 1.76. The number of nitrogens with one attached hydrogen (secondary N) is 2. The molecule has 0 saturated carbocycles. The predicted octanol–water partition coefficient (Wildman–Crippen LogP) is 1.37. The van der Waals surface area contributed by atoms with Gasteiger partial charge in [0.15, 0.2) is 0 Å². The highest BCUT2D eigenvalue weighted by Gasteiger charge is 2.11. The average molecular weight is 272 g/mol. The number of ether oxygens (including phenoxy) is 1. The molecule has 1 amide bonds. The minimum Gasteiger partial charge on any atom is -0.380 e. The van der Waals surface area contributed by atoms with E-state index in [1.165, 1.54) is 11.3 Å². The zero-order valence-electron chi connectivity index (χ0n) is 11.0. The Bertz CT molecular complexity index is 368. The van der Waals surface area contributed by atoms with Crippen molar-refractivity contribution >= 4 is 22.4 Å². The minimum atomic E-state index is -0.207. The summed E-state index contributed by atoms with van der Waals surface area (Å²) in [5.74, 6) is 0.433. The third-order valence-corrected chi connectivity index (χ3v) is 3.14. The number of hydrogen-bond acceptors (Lipinski definition) is 6. The van der Waals surface area contributed by atoms with E-state index in [0.717, 1.165) is 13.0 Å². The van der Waals surface area contributed by atoms with E-state index >= 15 is 0 Å². The summed E-state index contributed by atoms with van der Waals surface area (Å²) in [7, 11) is 1.74. The second-order valence-electron chi connectivity index (χ2n) is 4.21. The van der Waals surface area contributed by atoms with E-state index in [2.05, 4.69) is 34.7 Å². The summed E-state index contributed by atoms with van der Waals surface area (Å²) in [6.07, 6.45) is 1.04. The maximum absolute atomic E-state index is 11.6. The van der Waals surface area contributed by atoms with Gasteiger partial charge in [0.25, 0.3) is 5.91 Å². The quantitative estimate of drug-likeness (QED) is 0.699. The highest BCUT2D eigenvalue weighted by atomic mass is 32.1. The lowest BCUT2D eigenvalue weighted by Crippen LogP contribution is -2.27. The van der Waals surface area contributed by atoms with Crippen LogP contribution in [0.3, 0.4) is 0 Å². The molecule has 0 fully saturated rings. The highest BCUT2D eigenvalue weighted by molar-refractivity contribution is 7.17. The summed E-state index contributed by atoms with van der Waals surface area (Å²) >= 11 is 1.23. The maximum Gasteiger partial charge on any atom is 0.282 e. The van der Waals surface area contributed by atoms with Gasteiger partial charge in [0.2, 0.25) is 10.1 Å². The largest absolute Gasteiger partial charge is 0.380 e. The summed E-state index contributed by atoms with van der Waals surface area (Å²) < 4.78 is 5.40. The van der Waals surface area contributed by atoms with E-state index in [9.17, 15) is 4.79 Å². The Labute approximate surface area is 111 Å². The lowest BCUT2D eigenvalue weighted by Gasteiger charge is -2.06. The minimum absolute atomic E-state index is 0.207. The van der Waals surface area contributed by atoms with E-state index in [1.54, 1.807) is 7.05 Å². The van der Waals surface area contributed by atoms with Crippen molar-refractivity contribution in [2.24, 2.45) is 5.92 Å². The highest BCUT2D eigenvalue weighted by Crippen LogP contribution is 2.13. The third kappa shape index (κ3) is 5.42. The van der Waals surface area contributed by atoms with Crippen LogP contribution in [0.2, 0.25) is 0 Å². The van der Waals surface area contributed by atoms with Crippen LogP contribution < -0.4 is 10.6 Å². The van der Waals surface area contributed by atoms with Gasteiger partial charge in [0, 0.05) is 20.2 Å². The normalized spacial score (nSPS) is 10.7. The summed E-state index contributed by atoms with van der Waals surface area (Å²) in [6, 6.07) is 0. The number of amides is 1. The van der Waals surface area contributed by atoms with E-state index in [-0.39, 0.29) is 5.91 Å².